The van der Waals surface area contributed by atoms with Crippen molar-refractivity contribution in [3.8, 4) is 0 Å². The lowest BCUT2D eigenvalue weighted by atomic mass is 10.0. The van der Waals surface area contributed by atoms with Gasteiger partial charge in [-0.1, -0.05) is 0 Å². The van der Waals surface area contributed by atoms with Crippen molar-refractivity contribution < 1.29 is 13.2 Å². The predicted octanol–water partition coefficient (Wildman–Crippen LogP) is 0.204. The molecule has 8 heteroatoms. The van der Waals surface area contributed by atoms with E-state index in [2.05, 4.69) is 5.32 Å². The van der Waals surface area contributed by atoms with E-state index in [1.54, 1.807) is 18.2 Å². The van der Waals surface area contributed by atoms with Crippen LogP contribution in [0, 0.1) is 0 Å². The van der Waals surface area contributed by atoms with Crippen LogP contribution in [-0.4, -0.2) is 44.0 Å². The normalized spacial score (nSPS) is 17.6. The minimum Gasteiger partial charge on any atom is -0.399 e. The van der Waals surface area contributed by atoms with Crippen molar-refractivity contribution in [2.24, 2.45) is 5.73 Å². The van der Waals surface area contributed by atoms with Gasteiger partial charge in [-0.05, 0) is 31.0 Å². The molecule has 1 aliphatic heterocycles. The molecule has 2 rings (SSSR count). The Morgan fingerprint density at radius 1 is 1.33 bits per heavy atom. The van der Waals surface area contributed by atoms with Crippen LogP contribution >= 0.6 is 0 Å². The van der Waals surface area contributed by atoms with E-state index in [1.165, 1.54) is 10.6 Å². The average molecular weight is 312 g/mol. The summed E-state index contributed by atoms with van der Waals surface area (Å²) in [4.78, 5) is 11.4. The van der Waals surface area contributed by atoms with Gasteiger partial charge in [-0.2, -0.15) is 0 Å². The number of anilines is 2. The van der Waals surface area contributed by atoms with Gasteiger partial charge in [0.25, 0.3) is 5.91 Å². The number of amides is 1. The van der Waals surface area contributed by atoms with Gasteiger partial charge in [0.1, 0.15) is 0 Å². The molecule has 1 aromatic carbocycles. The van der Waals surface area contributed by atoms with Crippen LogP contribution in [0.3, 0.4) is 0 Å². The molecule has 0 saturated carbocycles. The zero-order valence-corrected chi connectivity index (χ0v) is 12.7. The summed E-state index contributed by atoms with van der Waals surface area (Å²) in [5, 5.41) is 3.24. The van der Waals surface area contributed by atoms with Crippen molar-refractivity contribution in [1.82, 2.24) is 4.31 Å². The number of sulfonamides is 1. The molecule has 1 aliphatic rings. The van der Waals surface area contributed by atoms with Crippen molar-refractivity contribution >= 4 is 27.3 Å². The highest BCUT2D eigenvalue weighted by atomic mass is 32.2. The number of piperidine rings is 1. The van der Waals surface area contributed by atoms with Gasteiger partial charge in [0.05, 0.1) is 11.8 Å². The Bertz CT molecular complexity index is 637. The molecule has 0 atom stereocenters. The monoisotopic (exact) mass is 312 g/mol. The van der Waals surface area contributed by atoms with E-state index in [0.29, 0.717) is 42.9 Å². The van der Waals surface area contributed by atoms with Crippen LogP contribution in [0.1, 0.15) is 23.2 Å². The van der Waals surface area contributed by atoms with Crippen molar-refractivity contribution in [2.75, 3.05) is 30.4 Å². The number of carbonyl (C=O) groups is 1. The standard InChI is InChI=1S/C13H20N4O3S/c1-21(19,20)17-6-4-10(5-7-17)16-12-8-9(14)2-3-11(12)13(15)18/h2-3,8,10,16H,4-7,14H2,1H3,(H2,15,18). The van der Waals surface area contributed by atoms with Crippen LogP contribution < -0.4 is 16.8 Å². The summed E-state index contributed by atoms with van der Waals surface area (Å²) in [5.41, 5.74) is 12.6. The Morgan fingerprint density at radius 2 is 1.95 bits per heavy atom. The zero-order chi connectivity index (χ0) is 15.6. The molecule has 1 fully saturated rings. The van der Waals surface area contributed by atoms with Crippen molar-refractivity contribution in [3.63, 3.8) is 0 Å². The summed E-state index contributed by atoms with van der Waals surface area (Å²) in [6.45, 7) is 0.926. The SMILES string of the molecule is CS(=O)(=O)N1CCC(Nc2cc(N)ccc2C(N)=O)CC1. The Morgan fingerprint density at radius 3 is 2.48 bits per heavy atom. The number of hydrogen-bond acceptors (Lipinski definition) is 5. The fourth-order valence-electron chi connectivity index (χ4n) is 2.45. The molecule has 0 bridgehead atoms. The zero-order valence-electron chi connectivity index (χ0n) is 11.9. The summed E-state index contributed by atoms with van der Waals surface area (Å²) >= 11 is 0. The Kier molecular flexibility index (Phi) is 4.38. The number of benzene rings is 1. The fourth-order valence-corrected chi connectivity index (χ4v) is 3.32. The predicted molar refractivity (Wildman–Crippen MR) is 82.4 cm³/mol. The Hall–Kier alpha value is -1.80. The quantitative estimate of drug-likeness (QED) is 0.686. The second-order valence-corrected chi connectivity index (χ2v) is 7.23. The molecule has 1 aromatic rings. The first-order valence-electron chi connectivity index (χ1n) is 6.68. The molecule has 21 heavy (non-hydrogen) atoms. The van der Waals surface area contributed by atoms with Crippen molar-refractivity contribution in [1.29, 1.82) is 0 Å². The maximum atomic E-state index is 11.5. The van der Waals surface area contributed by atoms with Crippen LogP contribution in [0.4, 0.5) is 11.4 Å². The summed E-state index contributed by atoms with van der Waals surface area (Å²) in [5.74, 6) is -0.522. The molecular weight excluding hydrogens is 292 g/mol. The van der Waals surface area contributed by atoms with Crippen LogP contribution in [0.5, 0.6) is 0 Å². The topological polar surface area (TPSA) is 119 Å². The highest BCUT2D eigenvalue weighted by Crippen LogP contribution is 2.23. The van der Waals surface area contributed by atoms with Gasteiger partial charge in [0.2, 0.25) is 10.0 Å². The second-order valence-electron chi connectivity index (χ2n) is 5.25. The van der Waals surface area contributed by atoms with E-state index in [-0.39, 0.29) is 6.04 Å². The third-order valence-corrected chi connectivity index (χ3v) is 4.89. The maximum Gasteiger partial charge on any atom is 0.250 e. The lowest BCUT2D eigenvalue weighted by Crippen LogP contribution is -2.42. The van der Waals surface area contributed by atoms with E-state index < -0.39 is 15.9 Å². The molecule has 0 aromatic heterocycles. The molecule has 0 aliphatic carbocycles. The van der Waals surface area contributed by atoms with Gasteiger partial charge in [0, 0.05) is 30.5 Å². The van der Waals surface area contributed by atoms with Gasteiger partial charge in [-0.25, -0.2) is 12.7 Å². The van der Waals surface area contributed by atoms with Crippen LogP contribution in [-0.2, 0) is 10.0 Å². The average Bonchev–Trinajstić information content (AvgIpc) is 2.38. The molecule has 0 unspecified atom stereocenters. The van der Waals surface area contributed by atoms with Crippen LogP contribution in [0.25, 0.3) is 0 Å². The van der Waals surface area contributed by atoms with Gasteiger partial charge in [0.15, 0.2) is 0 Å². The molecule has 0 spiro atoms. The van der Waals surface area contributed by atoms with Gasteiger partial charge < -0.3 is 16.8 Å². The number of rotatable bonds is 4. The highest BCUT2D eigenvalue weighted by Gasteiger charge is 2.25. The number of nitrogens with zero attached hydrogens (tertiary/aromatic N) is 1. The minimum atomic E-state index is -3.14. The number of primary amides is 1. The summed E-state index contributed by atoms with van der Waals surface area (Å²) in [6, 6.07) is 4.97. The first kappa shape index (κ1) is 15.6. The smallest absolute Gasteiger partial charge is 0.250 e. The molecule has 1 heterocycles. The minimum absolute atomic E-state index is 0.0860. The molecule has 0 radical (unpaired) electrons. The number of nitrogens with two attached hydrogens (primary N) is 2. The molecular formula is C13H20N4O3S. The van der Waals surface area contributed by atoms with Crippen molar-refractivity contribution in [2.45, 2.75) is 18.9 Å². The number of nitrogens with one attached hydrogen (secondary N) is 1. The molecule has 116 valence electrons. The maximum absolute atomic E-state index is 11.5. The summed E-state index contributed by atoms with van der Waals surface area (Å²) in [7, 11) is -3.14. The van der Waals surface area contributed by atoms with Gasteiger partial charge in [-0.15, -0.1) is 0 Å². The van der Waals surface area contributed by atoms with Crippen LogP contribution in [0.2, 0.25) is 0 Å². The summed E-state index contributed by atoms with van der Waals surface area (Å²) < 4.78 is 24.4. The lowest BCUT2D eigenvalue weighted by molar-refractivity contribution is 0.100. The number of hydrogen-bond donors (Lipinski definition) is 3. The molecule has 1 amide bonds. The van der Waals surface area contributed by atoms with Gasteiger partial charge >= 0.3 is 0 Å². The van der Waals surface area contributed by atoms with E-state index >= 15 is 0 Å². The Balaban J connectivity index is 2.07. The van der Waals surface area contributed by atoms with E-state index in [0.717, 1.165) is 0 Å². The van der Waals surface area contributed by atoms with Crippen LogP contribution in [0.15, 0.2) is 18.2 Å². The lowest BCUT2D eigenvalue weighted by Gasteiger charge is -2.31. The summed E-state index contributed by atoms with van der Waals surface area (Å²) in [6.07, 6.45) is 2.55. The fraction of sp³-hybridized carbons (Fsp3) is 0.462. The molecule has 7 nitrogen and oxygen atoms in total. The third kappa shape index (κ3) is 3.85. The third-order valence-electron chi connectivity index (χ3n) is 3.59. The van der Waals surface area contributed by atoms with Crippen molar-refractivity contribution in [3.05, 3.63) is 23.8 Å². The molecule has 5 N–H and O–H groups in total. The first-order chi connectivity index (χ1) is 9.77. The molecule has 1 saturated heterocycles. The Labute approximate surface area is 124 Å². The highest BCUT2D eigenvalue weighted by molar-refractivity contribution is 7.88. The second kappa shape index (κ2) is 5.90. The van der Waals surface area contributed by atoms with Gasteiger partial charge in [-0.3, -0.25) is 4.79 Å². The van der Waals surface area contributed by atoms with E-state index in [4.69, 9.17) is 11.5 Å². The van der Waals surface area contributed by atoms with E-state index in [1.807, 2.05) is 0 Å². The largest absolute Gasteiger partial charge is 0.399 e. The number of nitrogen functional groups attached to an aromatic ring is 1. The number of carbonyl (C=O) groups excluding carboxylic acids is 1. The van der Waals surface area contributed by atoms with E-state index in [9.17, 15) is 13.2 Å². The first-order valence-corrected chi connectivity index (χ1v) is 8.53.